The van der Waals surface area contributed by atoms with E-state index >= 15 is 0 Å². The first-order valence-corrected chi connectivity index (χ1v) is 5.99. The SMILES string of the molecule is Oc1ccc(Br)cc1CNCc1ncccn1. The Labute approximate surface area is 108 Å². The first-order valence-electron chi connectivity index (χ1n) is 5.20. The predicted molar refractivity (Wildman–Crippen MR) is 68.4 cm³/mol. The van der Waals surface area contributed by atoms with Crippen molar-refractivity contribution in [2.24, 2.45) is 0 Å². The molecule has 1 heterocycles. The van der Waals surface area contributed by atoms with Crippen LogP contribution in [0.1, 0.15) is 11.4 Å². The Kier molecular flexibility index (Phi) is 4.06. The standard InChI is InChI=1S/C12H12BrN3O/c13-10-2-3-11(17)9(6-10)7-14-8-12-15-4-1-5-16-12/h1-6,14,17H,7-8H2. The summed E-state index contributed by atoms with van der Waals surface area (Å²) in [6.45, 7) is 1.15. The Bertz CT molecular complexity index is 490. The lowest BCUT2D eigenvalue weighted by atomic mass is 10.2. The first kappa shape index (κ1) is 12.0. The molecule has 1 aromatic carbocycles. The van der Waals surface area contributed by atoms with Gasteiger partial charge in [-0.25, -0.2) is 9.97 Å². The third kappa shape index (κ3) is 3.51. The Morgan fingerprint density at radius 2 is 1.94 bits per heavy atom. The first-order chi connectivity index (χ1) is 8.25. The number of hydrogen-bond donors (Lipinski definition) is 2. The van der Waals surface area contributed by atoms with Gasteiger partial charge in [0.1, 0.15) is 11.6 Å². The van der Waals surface area contributed by atoms with E-state index in [4.69, 9.17) is 0 Å². The number of benzene rings is 1. The summed E-state index contributed by atoms with van der Waals surface area (Å²) in [6, 6.07) is 7.14. The molecule has 0 saturated heterocycles. The molecule has 17 heavy (non-hydrogen) atoms. The summed E-state index contributed by atoms with van der Waals surface area (Å²) in [5.41, 5.74) is 0.843. The number of nitrogens with zero attached hydrogens (tertiary/aromatic N) is 2. The van der Waals surface area contributed by atoms with E-state index in [0.717, 1.165) is 15.9 Å². The highest BCUT2D eigenvalue weighted by Gasteiger charge is 2.02. The quantitative estimate of drug-likeness (QED) is 0.908. The zero-order valence-corrected chi connectivity index (χ0v) is 10.7. The summed E-state index contributed by atoms with van der Waals surface area (Å²) < 4.78 is 0.947. The fourth-order valence-corrected chi connectivity index (χ4v) is 1.83. The molecule has 0 amide bonds. The second kappa shape index (κ2) is 5.75. The molecule has 0 saturated carbocycles. The third-order valence-electron chi connectivity index (χ3n) is 2.26. The van der Waals surface area contributed by atoms with Crippen molar-refractivity contribution < 1.29 is 5.11 Å². The smallest absolute Gasteiger partial charge is 0.141 e. The van der Waals surface area contributed by atoms with Gasteiger partial charge in [0.25, 0.3) is 0 Å². The summed E-state index contributed by atoms with van der Waals surface area (Å²) >= 11 is 3.37. The average Bonchev–Trinajstić information content (AvgIpc) is 2.35. The predicted octanol–water partition coefficient (Wildman–Crippen LogP) is 2.23. The molecule has 1 aromatic heterocycles. The van der Waals surface area contributed by atoms with Crippen LogP contribution in [0.3, 0.4) is 0 Å². The fourth-order valence-electron chi connectivity index (χ4n) is 1.43. The van der Waals surface area contributed by atoms with E-state index in [9.17, 15) is 5.11 Å². The number of phenols is 1. The third-order valence-corrected chi connectivity index (χ3v) is 2.75. The van der Waals surface area contributed by atoms with Crippen LogP contribution in [-0.2, 0) is 13.1 Å². The Morgan fingerprint density at radius 1 is 1.18 bits per heavy atom. The van der Waals surface area contributed by atoms with Crippen LogP contribution in [-0.4, -0.2) is 15.1 Å². The molecule has 88 valence electrons. The molecule has 0 radical (unpaired) electrons. The number of aromatic hydroxyl groups is 1. The number of phenolic OH excluding ortho intramolecular Hbond substituents is 1. The van der Waals surface area contributed by atoms with Crippen molar-refractivity contribution in [1.29, 1.82) is 0 Å². The van der Waals surface area contributed by atoms with Crippen LogP contribution in [0, 0.1) is 0 Å². The largest absolute Gasteiger partial charge is 0.508 e. The van der Waals surface area contributed by atoms with E-state index < -0.39 is 0 Å². The van der Waals surface area contributed by atoms with Crippen LogP contribution in [0.4, 0.5) is 0 Å². The molecule has 0 atom stereocenters. The van der Waals surface area contributed by atoms with E-state index in [1.54, 1.807) is 30.6 Å². The van der Waals surface area contributed by atoms with Gasteiger partial charge in [-0.1, -0.05) is 15.9 Å². The number of rotatable bonds is 4. The minimum absolute atomic E-state index is 0.287. The highest BCUT2D eigenvalue weighted by Crippen LogP contribution is 2.21. The Balaban J connectivity index is 1.92. The molecule has 4 nitrogen and oxygen atoms in total. The van der Waals surface area contributed by atoms with Gasteiger partial charge in [-0.15, -0.1) is 0 Å². The van der Waals surface area contributed by atoms with Crippen molar-refractivity contribution >= 4 is 15.9 Å². The van der Waals surface area contributed by atoms with Crippen molar-refractivity contribution in [3.05, 3.63) is 52.5 Å². The van der Waals surface area contributed by atoms with E-state index in [2.05, 4.69) is 31.2 Å². The molecule has 0 fully saturated rings. The maximum Gasteiger partial charge on any atom is 0.141 e. The zero-order chi connectivity index (χ0) is 12.1. The minimum Gasteiger partial charge on any atom is -0.508 e. The lowest BCUT2D eigenvalue weighted by Gasteiger charge is -2.06. The molecule has 0 bridgehead atoms. The molecule has 2 aromatic rings. The van der Waals surface area contributed by atoms with Crippen LogP contribution in [0.2, 0.25) is 0 Å². The molecule has 0 aliphatic heterocycles. The summed E-state index contributed by atoms with van der Waals surface area (Å²) in [6.07, 6.45) is 3.42. The topological polar surface area (TPSA) is 58.0 Å². The molecule has 5 heteroatoms. The van der Waals surface area contributed by atoms with Crippen molar-refractivity contribution in [1.82, 2.24) is 15.3 Å². The van der Waals surface area contributed by atoms with Crippen molar-refractivity contribution in [3.8, 4) is 5.75 Å². The highest BCUT2D eigenvalue weighted by molar-refractivity contribution is 9.10. The second-order valence-corrected chi connectivity index (χ2v) is 4.46. The highest BCUT2D eigenvalue weighted by atomic mass is 79.9. The van der Waals surface area contributed by atoms with Gasteiger partial charge < -0.3 is 10.4 Å². The average molecular weight is 294 g/mol. The maximum atomic E-state index is 9.64. The van der Waals surface area contributed by atoms with Crippen LogP contribution < -0.4 is 5.32 Å². The molecule has 0 spiro atoms. The van der Waals surface area contributed by atoms with Gasteiger partial charge in [0.05, 0.1) is 6.54 Å². The van der Waals surface area contributed by atoms with E-state index in [1.165, 1.54) is 0 Å². The Hall–Kier alpha value is -1.46. The zero-order valence-electron chi connectivity index (χ0n) is 9.10. The van der Waals surface area contributed by atoms with Crippen LogP contribution in [0.15, 0.2) is 41.1 Å². The summed E-state index contributed by atoms with van der Waals surface area (Å²) in [4.78, 5) is 8.21. The minimum atomic E-state index is 0.287. The molecule has 0 aliphatic rings. The van der Waals surface area contributed by atoms with Gasteiger partial charge in [0, 0.05) is 29.0 Å². The number of nitrogens with one attached hydrogen (secondary N) is 1. The van der Waals surface area contributed by atoms with Crippen LogP contribution in [0.25, 0.3) is 0 Å². The fraction of sp³-hybridized carbons (Fsp3) is 0.167. The van der Waals surface area contributed by atoms with Gasteiger partial charge in [-0.2, -0.15) is 0 Å². The maximum absolute atomic E-state index is 9.64. The molecule has 2 N–H and O–H groups in total. The number of hydrogen-bond acceptors (Lipinski definition) is 4. The van der Waals surface area contributed by atoms with Crippen LogP contribution in [0.5, 0.6) is 5.75 Å². The summed E-state index contributed by atoms with van der Waals surface area (Å²) in [5.74, 6) is 1.02. The molecular weight excluding hydrogens is 282 g/mol. The van der Waals surface area contributed by atoms with Crippen molar-refractivity contribution in [2.45, 2.75) is 13.1 Å². The van der Waals surface area contributed by atoms with E-state index in [0.29, 0.717) is 13.1 Å². The second-order valence-electron chi connectivity index (χ2n) is 3.54. The normalized spacial score (nSPS) is 10.4. The van der Waals surface area contributed by atoms with E-state index in [-0.39, 0.29) is 5.75 Å². The van der Waals surface area contributed by atoms with E-state index in [1.807, 2.05) is 6.07 Å². The van der Waals surface area contributed by atoms with Crippen molar-refractivity contribution in [2.75, 3.05) is 0 Å². The summed E-state index contributed by atoms with van der Waals surface area (Å²) in [5, 5.41) is 12.8. The van der Waals surface area contributed by atoms with Gasteiger partial charge in [0.2, 0.25) is 0 Å². The monoisotopic (exact) mass is 293 g/mol. The van der Waals surface area contributed by atoms with Gasteiger partial charge in [0.15, 0.2) is 0 Å². The van der Waals surface area contributed by atoms with Crippen LogP contribution >= 0.6 is 15.9 Å². The lowest BCUT2D eigenvalue weighted by Crippen LogP contribution is -2.14. The van der Waals surface area contributed by atoms with Gasteiger partial charge in [-0.3, -0.25) is 0 Å². The number of aromatic nitrogens is 2. The molecule has 0 unspecified atom stereocenters. The Morgan fingerprint density at radius 3 is 2.71 bits per heavy atom. The molecular formula is C12H12BrN3O. The molecule has 0 aliphatic carbocycles. The number of halogens is 1. The van der Waals surface area contributed by atoms with Crippen molar-refractivity contribution in [3.63, 3.8) is 0 Å². The van der Waals surface area contributed by atoms with Gasteiger partial charge in [-0.05, 0) is 24.3 Å². The van der Waals surface area contributed by atoms with Gasteiger partial charge >= 0.3 is 0 Å². The summed E-state index contributed by atoms with van der Waals surface area (Å²) in [7, 11) is 0. The molecule has 2 rings (SSSR count). The lowest BCUT2D eigenvalue weighted by molar-refractivity contribution is 0.464.